The van der Waals surface area contributed by atoms with Crippen LogP contribution in [0.15, 0.2) is 0 Å². The molecule has 0 saturated heterocycles. The molecule has 0 amide bonds. The van der Waals surface area contributed by atoms with E-state index in [9.17, 15) is 0 Å². The van der Waals surface area contributed by atoms with Crippen molar-refractivity contribution in [2.45, 2.75) is 212 Å². The molecule has 0 N–H and O–H groups in total. The van der Waals surface area contributed by atoms with Gasteiger partial charge in [0.2, 0.25) is 0 Å². The van der Waals surface area contributed by atoms with Crippen LogP contribution in [0.2, 0.25) is 0 Å². The Bertz CT molecular complexity index is 593. The second kappa shape index (κ2) is 45.4. The molecule has 0 fully saturated rings. The van der Waals surface area contributed by atoms with Crippen LogP contribution in [0.5, 0.6) is 0 Å². The summed E-state index contributed by atoms with van der Waals surface area (Å²) in [6.07, 6.45) is 4.70. The fraction of sp³-hybridized carbons (Fsp3) is 0.872. The van der Waals surface area contributed by atoms with Crippen LogP contribution in [-0.2, 0) is 74.8 Å². The van der Waals surface area contributed by atoms with Crippen molar-refractivity contribution < 1.29 is 74.8 Å². The second-order valence-electron chi connectivity index (χ2n) is 17.6. The number of hydrogen-bond donors (Lipinski definition) is 0. The first-order chi connectivity index (χ1) is 20.4. The second-order valence-corrected chi connectivity index (χ2v) is 17.6. The van der Waals surface area contributed by atoms with Crippen LogP contribution in [0, 0.1) is 62.7 Å². The van der Waals surface area contributed by atoms with E-state index in [1.165, 1.54) is 0 Å². The van der Waals surface area contributed by atoms with Gasteiger partial charge < -0.3 is 55.2 Å². The Morgan fingerprint density at radius 2 is 0.623 bits per heavy atom. The maximum atomic E-state index is 4.24. The minimum Gasteiger partial charge on any atom is -0.358 e. The molecule has 0 rings (SSSR count). The number of nitrogens with zero attached hydrogens (tertiary/aromatic N) is 3. The third-order valence-electron chi connectivity index (χ3n) is 7.17. The summed E-state index contributed by atoms with van der Waals surface area (Å²) in [4.78, 5) is 7.13. The first-order valence-corrected chi connectivity index (χ1v) is 18.6. The summed E-state index contributed by atoms with van der Waals surface area (Å²) in [5.74, 6) is 0.448. The third kappa shape index (κ3) is 63.7. The molecule has 0 spiro atoms. The molecule has 331 valence electrons. The fourth-order valence-electron chi connectivity index (χ4n) is 3.41. The zero-order valence-electron chi connectivity index (χ0n) is 38.5. The molecule has 6 heteroatoms. The van der Waals surface area contributed by atoms with E-state index in [1.54, 1.807) is 0 Å². The van der Waals surface area contributed by atoms with Gasteiger partial charge in [-0.2, -0.15) is 16.7 Å². The molecule has 53 heavy (non-hydrogen) atoms. The topological polar surface area (TPSA) is 9.72 Å². The number of hydrogen-bond acceptors (Lipinski definition) is 3. The maximum absolute atomic E-state index is 4.24. The van der Waals surface area contributed by atoms with Gasteiger partial charge >= 0.3 is 42.1 Å². The van der Waals surface area contributed by atoms with Gasteiger partial charge in [-0.1, -0.05) is 139 Å². The van der Waals surface area contributed by atoms with Crippen LogP contribution in [0.1, 0.15) is 196 Å². The summed E-state index contributed by atoms with van der Waals surface area (Å²) in [6.45, 7) is 74.0. The van der Waals surface area contributed by atoms with Crippen LogP contribution in [-0.4, -0.2) is 70.6 Å². The average Bonchev–Trinajstić information content (AvgIpc) is 2.88. The maximum Gasteiger partial charge on any atom is 2.00 e. The molecule has 0 aliphatic carbocycles. The SMILES string of the molecule is C.C.C.C.CC.CC.CC.[CH2-]CN(CC([CH2-])C(C)(C)C)C(C)(C)C.[CH2-]CN(C[CH-]C(C)(C)C)C(C)(C)C.[CH2-]CN(C[CH-]C(C)(C)C)C(C)(C)C.[W+2].[W+2].[Y]. The van der Waals surface area contributed by atoms with Crippen molar-refractivity contribution in [3.63, 3.8) is 0 Å². The van der Waals surface area contributed by atoms with E-state index in [-0.39, 0.29) is 127 Å². The van der Waals surface area contributed by atoms with Gasteiger partial charge in [-0.3, -0.25) is 0 Å². The van der Waals surface area contributed by atoms with Gasteiger partial charge in [-0.15, -0.1) is 32.7 Å². The van der Waals surface area contributed by atoms with E-state index in [0.717, 1.165) is 39.3 Å². The van der Waals surface area contributed by atoms with Crippen LogP contribution in [0.3, 0.4) is 0 Å². The van der Waals surface area contributed by atoms with Crippen molar-refractivity contribution in [1.29, 1.82) is 0 Å². The molecular formula is C47H111N3W2Y-2. The van der Waals surface area contributed by atoms with Crippen molar-refractivity contribution in [2.75, 3.05) is 39.3 Å². The van der Waals surface area contributed by atoms with Gasteiger partial charge in [-0.05, 0) is 68.9 Å². The normalized spacial score (nSPS) is 11.4. The van der Waals surface area contributed by atoms with Crippen molar-refractivity contribution >= 4 is 0 Å². The van der Waals surface area contributed by atoms with Crippen molar-refractivity contribution in [3.8, 4) is 0 Å². The third-order valence-corrected chi connectivity index (χ3v) is 7.17. The zero-order valence-corrected chi connectivity index (χ0v) is 47.2. The van der Waals surface area contributed by atoms with Crippen LogP contribution in [0.25, 0.3) is 0 Å². The standard InChI is InChI=1S/C13H27N.2C12H25N.3C2H6.4CH4.2W.Y/c1-9-14(13(6,7)8)10-11(2)12(3,4)5;2*1-8-13(12(5,6)7)10-9-11(2,3)4;3*1-2;;;;;;;/h11H,1-2,9-10H2,3-8H3;2*9H,1,8,10H2,2-7H3;3*1-2H3;4*1H4;;;/q3*-2;;;;;;;;2*+2;. The molecule has 1 unspecified atom stereocenters. The van der Waals surface area contributed by atoms with Gasteiger partial charge in [0, 0.05) is 49.3 Å². The van der Waals surface area contributed by atoms with Gasteiger partial charge in [0.25, 0.3) is 0 Å². The molecule has 0 aliphatic rings. The van der Waals surface area contributed by atoms with E-state index in [2.05, 4.69) is 180 Å². The summed E-state index contributed by atoms with van der Waals surface area (Å²) in [5.41, 5.74) is 1.53. The summed E-state index contributed by atoms with van der Waals surface area (Å²) < 4.78 is 0. The number of rotatable bonds is 9. The summed E-state index contributed by atoms with van der Waals surface area (Å²) in [7, 11) is 0. The Hall–Kier alpha value is 2.36. The van der Waals surface area contributed by atoms with Gasteiger partial charge in [0.1, 0.15) is 0 Å². The van der Waals surface area contributed by atoms with Gasteiger partial charge in [-0.25, -0.2) is 0 Å². The molecule has 0 heterocycles. The molecule has 0 aromatic heterocycles. The predicted molar refractivity (Wildman–Crippen MR) is 247 cm³/mol. The summed E-state index contributed by atoms with van der Waals surface area (Å²) >= 11 is 0. The first kappa shape index (κ1) is 91.2. The molecule has 0 aliphatic heterocycles. The Morgan fingerprint density at radius 3 is 0.736 bits per heavy atom. The predicted octanol–water partition coefficient (Wildman–Crippen LogP) is 15.4. The minimum atomic E-state index is 0. The van der Waals surface area contributed by atoms with E-state index in [0.29, 0.717) is 16.7 Å². The molecule has 1 atom stereocenters. The quantitative estimate of drug-likeness (QED) is 0.213. The molecule has 3 nitrogen and oxygen atoms in total. The zero-order chi connectivity index (χ0) is 39.0. The largest absolute Gasteiger partial charge is 2.00 e. The van der Waals surface area contributed by atoms with E-state index in [4.69, 9.17) is 0 Å². The van der Waals surface area contributed by atoms with Crippen LogP contribution in [0.4, 0.5) is 0 Å². The van der Waals surface area contributed by atoms with Gasteiger partial charge in [0.05, 0.1) is 0 Å². The molecular weight excluding hydrogens is 1060 g/mol. The summed E-state index contributed by atoms with van der Waals surface area (Å²) in [6, 6.07) is 0. The summed E-state index contributed by atoms with van der Waals surface area (Å²) in [5, 5.41) is 0. The van der Waals surface area contributed by atoms with Gasteiger partial charge in [0.15, 0.2) is 0 Å². The Kier molecular flexibility index (Phi) is 78.2. The van der Waals surface area contributed by atoms with Crippen molar-refractivity contribution in [2.24, 2.45) is 22.2 Å². The average molecular weight is 1180 g/mol. The molecule has 0 aromatic rings. The molecule has 0 bridgehead atoms. The molecule has 0 aromatic carbocycles. The first-order valence-electron chi connectivity index (χ1n) is 18.6. The monoisotopic (exact) mass is 1170 g/mol. The Balaban J connectivity index is -0.0000000361. The Labute approximate surface area is 400 Å². The molecule has 0 saturated carbocycles. The van der Waals surface area contributed by atoms with Crippen LogP contribution < -0.4 is 0 Å². The fourth-order valence-corrected chi connectivity index (χ4v) is 3.41. The van der Waals surface area contributed by atoms with E-state index < -0.39 is 0 Å². The van der Waals surface area contributed by atoms with Crippen molar-refractivity contribution in [3.05, 3.63) is 40.5 Å². The molecule has 1 radical (unpaired) electrons. The van der Waals surface area contributed by atoms with E-state index in [1.807, 2.05) is 41.5 Å². The van der Waals surface area contributed by atoms with E-state index >= 15 is 0 Å². The Morgan fingerprint density at radius 1 is 0.434 bits per heavy atom. The van der Waals surface area contributed by atoms with Crippen LogP contribution >= 0.6 is 0 Å². The minimum absolute atomic E-state index is 0. The smallest absolute Gasteiger partial charge is 0.358 e. The van der Waals surface area contributed by atoms with Crippen molar-refractivity contribution in [1.82, 2.24) is 14.7 Å².